The molecule has 2 heterocycles. The Morgan fingerprint density at radius 1 is 1.15 bits per heavy atom. The minimum atomic E-state index is -0.346. The molecular weight excluding hydrogens is 333 g/mol. The average Bonchev–Trinajstić information content (AvgIpc) is 3.10. The predicted octanol–water partition coefficient (Wildman–Crippen LogP) is 3.10. The Morgan fingerprint density at radius 2 is 1.96 bits per heavy atom. The van der Waals surface area contributed by atoms with Crippen LogP contribution in [0, 0.1) is 5.82 Å². The Bertz CT molecular complexity index is 941. The molecule has 0 atom stereocenters. The van der Waals surface area contributed by atoms with Gasteiger partial charge in [-0.25, -0.2) is 9.37 Å². The molecule has 1 saturated heterocycles. The molecule has 0 spiro atoms. The number of hydrogen-bond donors (Lipinski definition) is 1. The van der Waals surface area contributed by atoms with Gasteiger partial charge in [-0.3, -0.25) is 4.79 Å². The van der Waals surface area contributed by atoms with Crippen LogP contribution in [-0.2, 0) is 9.53 Å². The maximum atomic E-state index is 13.6. The number of aromatic nitrogens is 2. The van der Waals surface area contributed by atoms with Crippen LogP contribution in [-0.4, -0.2) is 47.1 Å². The normalized spacial score (nSPS) is 15.4. The fourth-order valence-corrected chi connectivity index (χ4v) is 3.01. The monoisotopic (exact) mass is 351 g/mol. The third-order valence-corrected chi connectivity index (χ3v) is 4.33. The van der Waals surface area contributed by atoms with E-state index in [2.05, 4.69) is 9.97 Å². The highest BCUT2D eigenvalue weighted by molar-refractivity contribution is 6.23. The molecule has 0 bridgehead atoms. The number of rotatable bonds is 3. The summed E-state index contributed by atoms with van der Waals surface area (Å²) in [5.41, 5.74) is 2.65. The maximum Gasteiger partial charge on any atom is 0.257 e. The number of carbonyl (C=O) groups excluding carboxylic acids is 1. The van der Waals surface area contributed by atoms with Crippen LogP contribution in [0.5, 0.6) is 0 Å². The van der Waals surface area contributed by atoms with Gasteiger partial charge in [0, 0.05) is 13.1 Å². The van der Waals surface area contributed by atoms with Crippen molar-refractivity contribution < 1.29 is 13.9 Å². The maximum absolute atomic E-state index is 13.6. The minimum Gasteiger partial charge on any atom is -0.378 e. The zero-order valence-corrected chi connectivity index (χ0v) is 14.1. The highest BCUT2D eigenvalue weighted by Crippen LogP contribution is 2.22. The van der Waals surface area contributed by atoms with Crippen molar-refractivity contribution in [3.05, 3.63) is 65.7 Å². The van der Waals surface area contributed by atoms with Crippen LogP contribution >= 0.6 is 0 Å². The summed E-state index contributed by atoms with van der Waals surface area (Å²) < 4.78 is 18.9. The summed E-state index contributed by atoms with van der Waals surface area (Å²) in [5.74, 6) is -0.00917. The van der Waals surface area contributed by atoms with Crippen molar-refractivity contribution in [2.24, 2.45) is 0 Å². The molecule has 4 rings (SSSR count). The third kappa shape index (κ3) is 3.36. The van der Waals surface area contributed by atoms with Crippen LogP contribution in [0.25, 0.3) is 22.7 Å². The lowest BCUT2D eigenvalue weighted by Crippen LogP contribution is -2.41. The quantitative estimate of drug-likeness (QED) is 0.738. The van der Waals surface area contributed by atoms with Gasteiger partial charge in [0.25, 0.3) is 5.91 Å². The summed E-state index contributed by atoms with van der Waals surface area (Å²) in [4.78, 5) is 22.6. The van der Waals surface area contributed by atoms with E-state index in [9.17, 15) is 9.18 Å². The van der Waals surface area contributed by atoms with Gasteiger partial charge < -0.3 is 14.6 Å². The first-order valence-electron chi connectivity index (χ1n) is 8.50. The standard InChI is InChI=1S/C20H18FN3O2/c21-15-5-3-4-14(12-15)13-16(20(25)24-8-10-26-11-9-24)19-22-17-6-1-2-7-18(17)23-19/h1-7,12-13H,8-11H2,(H,22,23). The van der Waals surface area contributed by atoms with Gasteiger partial charge in [0.05, 0.1) is 29.8 Å². The molecule has 1 aliphatic heterocycles. The van der Waals surface area contributed by atoms with E-state index in [1.807, 2.05) is 24.3 Å². The first-order valence-corrected chi connectivity index (χ1v) is 8.50. The van der Waals surface area contributed by atoms with Crippen LogP contribution in [0.4, 0.5) is 4.39 Å². The highest BCUT2D eigenvalue weighted by Gasteiger charge is 2.24. The van der Waals surface area contributed by atoms with E-state index >= 15 is 0 Å². The molecule has 0 unspecified atom stereocenters. The molecule has 3 aromatic rings. The molecule has 2 aromatic carbocycles. The number of benzene rings is 2. The topological polar surface area (TPSA) is 58.2 Å². The summed E-state index contributed by atoms with van der Waals surface area (Å²) >= 11 is 0. The smallest absolute Gasteiger partial charge is 0.257 e. The number of H-pyrrole nitrogens is 1. The fourth-order valence-electron chi connectivity index (χ4n) is 3.01. The number of nitrogens with zero attached hydrogens (tertiary/aromatic N) is 2. The number of imidazole rings is 1. The van der Waals surface area contributed by atoms with Gasteiger partial charge in [0.15, 0.2) is 0 Å². The molecule has 132 valence electrons. The number of halogens is 1. The minimum absolute atomic E-state index is 0.142. The lowest BCUT2D eigenvalue weighted by molar-refractivity contribution is -0.128. The van der Waals surface area contributed by atoms with E-state index in [1.54, 1.807) is 23.1 Å². The van der Waals surface area contributed by atoms with Crippen LogP contribution in [0.1, 0.15) is 11.4 Å². The van der Waals surface area contributed by atoms with Gasteiger partial charge >= 0.3 is 0 Å². The number of amides is 1. The van der Waals surface area contributed by atoms with Crippen molar-refractivity contribution in [1.29, 1.82) is 0 Å². The van der Waals surface area contributed by atoms with Crippen molar-refractivity contribution in [1.82, 2.24) is 14.9 Å². The van der Waals surface area contributed by atoms with Gasteiger partial charge in [0.2, 0.25) is 0 Å². The SMILES string of the molecule is O=C(C(=Cc1cccc(F)c1)c1nc2ccccc2[nH]1)N1CCOCC1. The molecule has 6 heteroatoms. The van der Waals surface area contributed by atoms with E-state index in [0.717, 1.165) is 11.0 Å². The van der Waals surface area contributed by atoms with Gasteiger partial charge in [-0.05, 0) is 35.9 Å². The molecular formula is C20H18FN3O2. The predicted molar refractivity (Wildman–Crippen MR) is 97.8 cm³/mol. The van der Waals surface area contributed by atoms with Gasteiger partial charge in [-0.15, -0.1) is 0 Å². The van der Waals surface area contributed by atoms with E-state index in [-0.39, 0.29) is 11.7 Å². The van der Waals surface area contributed by atoms with Crippen LogP contribution in [0.2, 0.25) is 0 Å². The summed E-state index contributed by atoms with van der Waals surface area (Å²) in [5, 5.41) is 0. The zero-order chi connectivity index (χ0) is 17.9. The summed E-state index contributed by atoms with van der Waals surface area (Å²) in [6.07, 6.45) is 1.68. The molecule has 1 N–H and O–H groups in total. The number of ether oxygens (including phenoxy) is 1. The number of fused-ring (bicyclic) bond motifs is 1. The second-order valence-corrected chi connectivity index (χ2v) is 6.12. The van der Waals surface area contributed by atoms with Gasteiger partial charge in [-0.2, -0.15) is 0 Å². The Labute approximate surface area is 150 Å². The second-order valence-electron chi connectivity index (χ2n) is 6.12. The lowest BCUT2D eigenvalue weighted by atomic mass is 10.1. The number of para-hydroxylation sites is 2. The molecule has 0 radical (unpaired) electrons. The van der Waals surface area contributed by atoms with E-state index < -0.39 is 0 Å². The first-order chi connectivity index (χ1) is 12.7. The molecule has 1 aromatic heterocycles. The van der Waals surface area contributed by atoms with Gasteiger partial charge in [-0.1, -0.05) is 24.3 Å². The summed E-state index contributed by atoms with van der Waals surface area (Å²) in [6, 6.07) is 13.8. The first kappa shape index (κ1) is 16.5. The largest absolute Gasteiger partial charge is 0.378 e. The van der Waals surface area contributed by atoms with Crippen molar-refractivity contribution in [2.45, 2.75) is 0 Å². The molecule has 5 nitrogen and oxygen atoms in total. The molecule has 0 saturated carbocycles. The molecule has 26 heavy (non-hydrogen) atoms. The summed E-state index contributed by atoms with van der Waals surface area (Å²) in [6.45, 7) is 2.08. The second kappa shape index (κ2) is 7.09. The number of nitrogens with one attached hydrogen (secondary N) is 1. The molecule has 1 amide bonds. The molecule has 1 fully saturated rings. The van der Waals surface area contributed by atoms with Crippen LogP contribution in [0.15, 0.2) is 48.5 Å². The Balaban J connectivity index is 1.78. The highest BCUT2D eigenvalue weighted by atomic mass is 19.1. The van der Waals surface area contributed by atoms with Crippen LogP contribution in [0.3, 0.4) is 0 Å². The van der Waals surface area contributed by atoms with E-state index in [1.165, 1.54) is 12.1 Å². The Hall–Kier alpha value is -2.99. The van der Waals surface area contributed by atoms with E-state index in [4.69, 9.17) is 4.74 Å². The molecule has 0 aliphatic carbocycles. The summed E-state index contributed by atoms with van der Waals surface area (Å²) in [7, 11) is 0. The van der Waals surface area contributed by atoms with E-state index in [0.29, 0.717) is 43.3 Å². The lowest BCUT2D eigenvalue weighted by Gasteiger charge is -2.27. The number of morpholine rings is 1. The fraction of sp³-hybridized carbons (Fsp3) is 0.200. The zero-order valence-electron chi connectivity index (χ0n) is 14.1. The van der Waals surface area contributed by atoms with Gasteiger partial charge in [0.1, 0.15) is 11.6 Å². The number of hydrogen-bond acceptors (Lipinski definition) is 3. The van der Waals surface area contributed by atoms with Crippen molar-refractivity contribution in [2.75, 3.05) is 26.3 Å². The van der Waals surface area contributed by atoms with Crippen molar-refractivity contribution in [3.8, 4) is 0 Å². The average molecular weight is 351 g/mol. The molecule has 1 aliphatic rings. The van der Waals surface area contributed by atoms with Crippen molar-refractivity contribution in [3.63, 3.8) is 0 Å². The van der Waals surface area contributed by atoms with Crippen LogP contribution < -0.4 is 0 Å². The van der Waals surface area contributed by atoms with Crippen molar-refractivity contribution >= 4 is 28.6 Å². The Kier molecular flexibility index (Phi) is 4.50. The number of carbonyl (C=O) groups is 1. The number of aromatic amines is 1. The Morgan fingerprint density at radius 3 is 2.73 bits per heavy atom. The third-order valence-electron chi connectivity index (χ3n) is 4.33.